The van der Waals surface area contributed by atoms with Crippen molar-refractivity contribution in [3.05, 3.63) is 98.5 Å². The molecule has 0 radical (unpaired) electrons. The van der Waals surface area contributed by atoms with Crippen LogP contribution in [0.25, 0.3) is 11.4 Å². The summed E-state index contributed by atoms with van der Waals surface area (Å²) in [5, 5.41) is 11.8. The van der Waals surface area contributed by atoms with Crippen molar-refractivity contribution in [2.45, 2.75) is 12.5 Å². The van der Waals surface area contributed by atoms with Crippen molar-refractivity contribution in [2.24, 2.45) is 0 Å². The minimum Gasteiger partial charge on any atom is -0.494 e. The normalized spacial score (nSPS) is 17.9. The van der Waals surface area contributed by atoms with Crippen LogP contribution < -0.4 is 24.7 Å². The van der Waals surface area contributed by atoms with E-state index in [1.54, 1.807) is 11.7 Å². The molecule has 0 saturated heterocycles. The predicted molar refractivity (Wildman–Crippen MR) is 140 cm³/mol. The van der Waals surface area contributed by atoms with Gasteiger partial charge in [-0.2, -0.15) is 0 Å². The molecule has 8 nitrogen and oxygen atoms in total. The van der Waals surface area contributed by atoms with E-state index in [2.05, 4.69) is 0 Å². The van der Waals surface area contributed by atoms with Gasteiger partial charge in [-0.3, -0.25) is 13.9 Å². The summed E-state index contributed by atoms with van der Waals surface area (Å²) in [6.07, 6.45) is 0.760. The molecule has 0 amide bonds. The number of fused-ring (bicyclic) bond motifs is 2. The number of ether oxygens (including phenoxy) is 3. The second kappa shape index (κ2) is 9.10. The van der Waals surface area contributed by atoms with Crippen LogP contribution >= 0.6 is 12.2 Å². The number of hydrogen-bond donors (Lipinski definition) is 2. The van der Waals surface area contributed by atoms with Crippen LogP contribution in [0.15, 0.2) is 71.5 Å². The van der Waals surface area contributed by atoms with Crippen LogP contribution in [0.1, 0.15) is 22.7 Å². The molecule has 0 fully saturated rings. The molecular weight excluding hydrogens is 490 g/mol. The SMILES string of the molecule is COc1c2c(cc3c1[C@H](c1c(O)n(-c4ccccc4)c(=S)n(-c4ccccc4)c1=O)[NH+](C)CC3)OCO2. The first-order chi connectivity index (χ1) is 18.0. The van der Waals surface area contributed by atoms with Gasteiger partial charge in [0.1, 0.15) is 5.56 Å². The molecule has 1 unspecified atom stereocenters. The lowest BCUT2D eigenvalue weighted by Gasteiger charge is -2.33. The quantitative estimate of drug-likeness (QED) is 0.406. The van der Waals surface area contributed by atoms with Crippen LogP contribution in [0.3, 0.4) is 0 Å². The molecule has 0 spiro atoms. The van der Waals surface area contributed by atoms with E-state index in [-0.39, 0.29) is 28.6 Å². The highest BCUT2D eigenvalue weighted by Crippen LogP contribution is 2.48. The summed E-state index contributed by atoms with van der Waals surface area (Å²) in [4.78, 5) is 15.3. The molecule has 0 aliphatic carbocycles. The Balaban J connectivity index is 1.71. The molecule has 4 aromatic rings. The highest BCUT2D eigenvalue weighted by atomic mass is 32.1. The molecule has 188 valence electrons. The Morgan fingerprint density at radius 2 is 1.65 bits per heavy atom. The Kier molecular flexibility index (Phi) is 5.73. The number of nitrogens with zero attached hydrogens (tertiary/aromatic N) is 2. The molecule has 2 atom stereocenters. The fourth-order valence-electron chi connectivity index (χ4n) is 5.40. The Morgan fingerprint density at radius 1 is 1.00 bits per heavy atom. The van der Waals surface area contributed by atoms with Crippen LogP contribution in [0.4, 0.5) is 0 Å². The summed E-state index contributed by atoms with van der Waals surface area (Å²) < 4.78 is 20.5. The zero-order chi connectivity index (χ0) is 25.7. The highest BCUT2D eigenvalue weighted by Gasteiger charge is 2.41. The van der Waals surface area contributed by atoms with Crippen LogP contribution in [-0.2, 0) is 6.42 Å². The topological polar surface area (TPSA) is 79.3 Å². The average Bonchev–Trinajstić information content (AvgIpc) is 3.38. The highest BCUT2D eigenvalue weighted by molar-refractivity contribution is 7.71. The number of nitrogens with one attached hydrogen (secondary N) is 1. The lowest BCUT2D eigenvalue weighted by atomic mass is 9.87. The third-order valence-corrected chi connectivity index (χ3v) is 7.47. The monoisotopic (exact) mass is 516 g/mol. The summed E-state index contributed by atoms with van der Waals surface area (Å²) in [6, 6.07) is 20.0. The first kappa shape index (κ1) is 23.3. The van der Waals surface area contributed by atoms with E-state index in [4.69, 9.17) is 26.4 Å². The van der Waals surface area contributed by atoms with Crippen molar-refractivity contribution in [3.63, 3.8) is 0 Å². The van der Waals surface area contributed by atoms with E-state index >= 15 is 0 Å². The molecule has 0 saturated carbocycles. The molecule has 37 heavy (non-hydrogen) atoms. The maximum absolute atomic E-state index is 14.3. The van der Waals surface area contributed by atoms with Gasteiger partial charge in [0.05, 0.1) is 37.6 Å². The molecule has 2 aliphatic heterocycles. The van der Waals surface area contributed by atoms with Gasteiger partial charge in [0, 0.05) is 6.42 Å². The van der Waals surface area contributed by atoms with Crippen molar-refractivity contribution in [1.29, 1.82) is 0 Å². The van der Waals surface area contributed by atoms with E-state index in [1.165, 1.54) is 4.57 Å². The number of para-hydroxylation sites is 2. The first-order valence-corrected chi connectivity index (χ1v) is 12.5. The fraction of sp³-hybridized carbons (Fsp3) is 0.214. The minimum atomic E-state index is -0.541. The van der Waals surface area contributed by atoms with Gasteiger partial charge >= 0.3 is 0 Å². The zero-order valence-corrected chi connectivity index (χ0v) is 21.2. The third-order valence-electron chi connectivity index (χ3n) is 7.10. The maximum Gasteiger partial charge on any atom is 0.272 e. The van der Waals surface area contributed by atoms with Gasteiger partial charge in [0.15, 0.2) is 22.3 Å². The van der Waals surface area contributed by atoms with E-state index < -0.39 is 6.04 Å². The van der Waals surface area contributed by atoms with Crippen LogP contribution in [0.5, 0.6) is 23.1 Å². The summed E-state index contributed by atoms with van der Waals surface area (Å²) in [7, 11) is 3.59. The maximum atomic E-state index is 14.3. The van der Waals surface area contributed by atoms with E-state index in [9.17, 15) is 9.90 Å². The summed E-state index contributed by atoms with van der Waals surface area (Å²) in [6.45, 7) is 0.846. The molecule has 3 aromatic carbocycles. The Morgan fingerprint density at radius 3 is 2.30 bits per heavy atom. The van der Waals surface area contributed by atoms with Crippen molar-refractivity contribution >= 4 is 12.2 Å². The van der Waals surface area contributed by atoms with E-state index in [0.29, 0.717) is 28.6 Å². The molecule has 1 aromatic heterocycles. The fourth-order valence-corrected chi connectivity index (χ4v) is 5.78. The van der Waals surface area contributed by atoms with Gasteiger partial charge < -0.3 is 24.2 Å². The largest absolute Gasteiger partial charge is 0.494 e. The van der Waals surface area contributed by atoms with Crippen molar-refractivity contribution in [2.75, 3.05) is 27.5 Å². The molecular formula is C28H26N3O5S+. The number of quaternary nitrogens is 1. The standard InChI is InChI=1S/C28H25N3O5S/c1-29-14-13-17-15-20-24(36-16-35-20)25(34-2)21(17)23(29)22-26(32)30(18-9-5-3-6-10-18)28(37)31(27(22)33)19-11-7-4-8-12-19/h3-12,15,23,32H,13-14,16H2,1-2H3/p+1/t23-/m1/s1. The molecule has 3 heterocycles. The number of hydrogen-bond acceptors (Lipinski definition) is 6. The Bertz CT molecular complexity index is 1620. The molecule has 6 rings (SSSR count). The van der Waals surface area contributed by atoms with Crippen molar-refractivity contribution in [1.82, 2.24) is 9.13 Å². The molecule has 2 N–H and O–H groups in total. The number of aromatic nitrogens is 2. The van der Waals surface area contributed by atoms with Crippen molar-refractivity contribution < 1.29 is 24.2 Å². The number of likely N-dealkylation sites (N-methyl/N-ethyl adjacent to an activating group) is 1. The number of benzene rings is 3. The lowest BCUT2D eigenvalue weighted by Crippen LogP contribution is -3.10. The lowest BCUT2D eigenvalue weighted by molar-refractivity contribution is -0.908. The molecule has 9 heteroatoms. The zero-order valence-electron chi connectivity index (χ0n) is 20.4. The average molecular weight is 517 g/mol. The van der Waals surface area contributed by atoms with Crippen LogP contribution in [0.2, 0.25) is 0 Å². The molecule has 0 bridgehead atoms. The van der Waals surface area contributed by atoms with Gasteiger partial charge in [-0.15, -0.1) is 0 Å². The van der Waals surface area contributed by atoms with Gasteiger partial charge in [-0.25, -0.2) is 0 Å². The third kappa shape index (κ3) is 3.61. The van der Waals surface area contributed by atoms with Gasteiger partial charge in [0.25, 0.3) is 5.56 Å². The first-order valence-electron chi connectivity index (χ1n) is 12.0. The summed E-state index contributed by atoms with van der Waals surface area (Å²) in [5.41, 5.74) is 2.93. The van der Waals surface area contributed by atoms with Gasteiger partial charge in [-0.1, -0.05) is 36.4 Å². The van der Waals surface area contributed by atoms with Crippen molar-refractivity contribution in [3.8, 4) is 34.5 Å². The number of methoxy groups -OCH3 is 1. The smallest absolute Gasteiger partial charge is 0.272 e. The van der Waals surface area contributed by atoms with Gasteiger partial charge in [0.2, 0.25) is 18.4 Å². The second-order valence-electron chi connectivity index (χ2n) is 9.16. The van der Waals surface area contributed by atoms with Crippen LogP contribution in [0, 0.1) is 4.77 Å². The van der Waals surface area contributed by atoms with Gasteiger partial charge in [-0.05, 0) is 48.1 Å². The number of aromatic hydroxyl groups is 1. The second-order valence-corrected chi connectivity index (χ2v) is 9.53. The summed E-state index contributed by atoms with van der Waals surface area (Å²) in [5.74, 6) is 1.47. The Hall–Kier alpha value is -4.08. The minimum absolute atomic E-state index is 0.104. The van der Waals surface area contributed by atoms with E-state index in [0.717, 1.165) is 29.0 Å². The number of rotatable bonds is 4. The van der Waals surface area contributed by atoms with Crippen LogP contribution in [-0.4, -0.2) is 41.7 Å². The summed E-state index contributed by atoms with van der Waals surface area (Å²) >= 11 is 5.81. The molecule has 2 aliphatic rings. The Labute approximate surface area is 218 Å². The predicted octanol–water partition coefficient (Wildman–Crippen LogP) is 2.96. The van der Waals surface area contributed by atoms with E-state index in [1.807, 2.05) is 73.8 Å².